The molecule has 9 heteroatoms. The van der Waals surface area contributed by atoms with Gasteiger partial charge in [0.2, 0.25) is 0 Å². The molecule has 1 aromatic carbocycles. The van der Waals surface area contributed by atoms with Gasteiger partial charge in [-0.3, -0.25) is 19.2 Å². The lowest BCUT2D eigenvalue weighted by molar-refractivity contribution is 0.0374. The second-order valence-electron chi connectivity index (χ2n) is 7.56. The average molecular weight is 415 g/mol. The van der Waals surface area contributed by atoms with Crippen LogP contribution in [0, 0.1) is 5.82 Å². The molecule has 30 heavy (non-hydrogen) atoms. The van der Waals surface area contributed by atoms with Crippen LogP contribution < -0.4 is 5.32 Å². The minimum Gasteiger partial charge on any atom is -0.379 e. The van der Waals surface area contributed by atoms with E-state index in [9.17, 15) is 14.0 Å². The largest absolute Gasteiger partial charge is 0.379 e. The van der Waals surface area contributed by atoms with E-state index in [0.29, 0.717) is 31.9 Å². The van der Waals surface area contributed by atoms with Gasteiger partial charge in [0.25, 0.3) is 11.8 Å². The molecule has 1 aromatic heterocycles. The molecule has 160 valence electrons. The molecule has 2 amide bonds. The number of nitrogens with one attached hydrogen (secondary N) is 1. The van der Waals surface area contributed by atoms with Crippen LogP contribution in [0.1, 0.15) is 33.0 Å². The highest BCUT2D eigenvalue weighted by Crippen LogP contribution is 2.17. The van der Waals surface area contributed by atoms with Crippen LogP contribution in [0.15, 0.2) is 30.3 Å². The SMILES string of the molecule is O=C(NCCCN1CCOCC1)c1cc2n(n1)CCN(Cc1cccc(F)c1)C2=O. The van der Waals surface area contributed by atoms with Crippen molar-refractivity contribution in [2.24, 2.45) is 0 Å². The third-order valence-corrected chi connectivity index (χ3v) is 5.40. The van der Waals surface area contributed by atoms with E-state index in [2.05, 4.69) is 15.3 Å². The van der Waals surface area contributed by atoms with Gasteiger partial charge in [0.15, 0.2) is 5.69 Å². The molecule has 1 fully saturated rings. The summed E-state index contributed by atoms with van der Waals surface area (Å²) in [4.78, 5) is 29.2. The van der Waals surface area contributed by atoms with Gasteiger partial charge in [0.1, 0.15) is 11.5 Å². The minimum atomic E-state index is -0.324. The number of benzene rings is 1. The first-order valence-electron chi connectivity index (χ1n) is 10.3. The molecule has 0 radical (unpaired) electrons. The van der Waals surface area contributed by atoms with Crippen molar-refractivity contribution >= 4 is 11.8 Å². The van der Waals surface area contributed by atoms with E-state index in [4.69, 9.17) is 4.74 Å². The lowest BCUT2D eigenvalue weighted by Gasteiger charge is -2.27. The van der Waals surface area contributed by atoms with Crippen LogP contribution in [0.5, 0.6) is 0 Å². The Kier molecular flexibility index (Phi) is 6.39. The Balaban J connectivity index is 1.31. The monoisotopic (exact) mass is 415 g/mol. The fraction of sp³-hybridized carbons (Fsp3) is 0.476. The lowest BCUT2D eigenvalue weighted by atomic mass is 10.2. The smallest absolute Gasteiger partial charge is 0.272 e. The van der Waals surface area contributed by atoms with E-state index >= 15 is 0 Å². The number of fused-ring (bicyclic) bond motifs is 1. The molecule has 0 saturated carbocycles. The molecule has 2 aliphatic rings. The van der Waals surface area contributed by atoms with E-state index in [1.54, 1.807) is 21.7 Å². The van der Waals surface area contributed by atoms with Gasteiger partial charge in [0.05, 0.1) is 19.8 Å². The first-order chi connectivity index (χ1) is 14.6. The maximum absolute atomic E-state index is 13.4. The van der Waals surface area contributed by atoms with Gasteiger partial charge in [-0.15, -0.1) is 0 Å². The van der Waals surface area contributed by atoms with Crippen molar-refractivity contribution in [3.63, 3.8) is 0 Å². The fourth-order valence-electron chi connectivity index (χ4n) is 3.78. The Labute approximate surface area is 174 Å². The van der Waals surface area contributed by atoms with Crippen LogP contribution in [0.25, 0.3) is 0 Å². The topological polar surface area (TPSA) is 79.7 Å². The molecule has 0 unspecified atom stereocenters. The number of aromatic nitrogens is 2. The van der Waals surface area contributed by atoms with Crippen LogP contribution >= 0.6 is 0 Å². The molecular weight excluding hydrogens is 389 g/mol. The number of carbonyl (C=O) groups excluding carboxylic acids is 2. The van der Waals surface area contributed by atoms with Crippen molar-refractivity contribution in [1.82, 2.24) is 24.9 Å². The molecule has 0 atom stereocenters. The summed E-state index contributed by atoms with van der Waals surface area (Å²) in [6.07, 6.45) is 0.847. The Bertz CT molecular complexity index is 910. The molecule has 4 rings (SSSR count). The minimum absolute atomic E-state index is 0.204. The maximum Gasteiger partial charge on any atom is 0.272 e. The van der Waals surface area contributed by atoms with Gasteiger partial charge in [0, 0.05) is 38.8 Å². The highest BCUT2D eigenvalue weighted by Gasteiger charge is 2.28. The maximum atomic E-state index is 13.4. The highest BCUT2D eigenvalue weighted by molar-refractivity contribution is 5.98. The summed E-state index contributed by atoms with van der Waals surface area (Å²) >= 11 is 0. The van der Waals surface area contributed by atoms with Crippen molar-refractivity contribution < 1.29 is 18.7 Å². The molecule has 2 aliphatic heterocycles. The van der Waals surface area contributed by atoms with Crippen molar-refractivity contribution in [3.8, 4) is 0 Å². The first-order valence-corrected chi connectivity index (χ1v) is 10.3. The Morgan fingerprint density at radius 2 is 2.00 bits per heavy atom. The molecule has 1 saturated heterocycles. The Morgan fingerprint density at radius 1 is 1.17 bits per heavy atom. The zero-order valence-electron chi connectivity index (χ0n) is 16.8. The predicted octanol–water partition coefficient (Wildman–Crippen LogP) is 1.13. The normalized spacial score (nSPS) is 17.1. The third kappa shape index (κ3) is 4.85. The number of rotatable bonds is 7. The van der Waals surface area contributed by atoms with Crippen molar-refractivity contribution in [2.45, 2.75) is 19.5 Å². The van der Waals surface area contributed by atoms with Gasteiger partial charge >= 0.3 is 0 Å². The molecule has 3 heterocycles. The standard InChI is InChI=1S/C21H26FN5O3/c22-17-4-1-3-16(13-17)15-26-7-8-27-19(21(26)29)14-18(24-27)20(28)23-5-2-6-25-9-11-30-12-10-25/h1,3-4,13-14H,2,5-12,15H2,(H,23,28). The number of hydrogen-bond donors (Lipinski definition) is 1. The zero-order valence-corrected chi connectivity index (χ0v) is 16.8. The number of hydrogen-bond acceptors (Lipinski definition) is 5. The zero-order chi connectivity index (χ0) is 20.9. The van der Waals surface area contributed by atoms with Crippen LogP contribution in [0.4, 0.5) is 4.39 Å². The summed E-state index contributed by atoms with van der Waals surface area (Å²) in [6, 6.07) is 7.76. The van der Waals surface area contributed by atoms with Crippen molar-refractivity contribution in [1.29, 1.82) is 0 Å². The molecule has 0 aliphatic carbocycles. The van der Waals surface area contributed by atoms with Crippen LogP contribution in [-0.2, 0) is 17.8 Å². The summed E-state index contributed by atoms with van der Waals surface area (Å²) in [5, 5.41) is 7.18. The average Bonchev–Trinajstić information content (AvgIpc) is 3.19. The number of amides is 2. The summed E-state index contributed by atoms with van der Waals surface area (Å²) < 4.78 is 20.3. The van der Waals surface area contributed by atoms with Gasteiger partial charge < -0.3 is 15.0 Å². The second kappa shape index (κ2) is 9.36. The van der Waals surface area contributed by atoms with Crippen LogP contribution in [-0.4, -0.2) is 77.3 Å². The molecule has 1 N–H and O–H groups in total. The molecule has 0 spiro atoms. The second-order valence-corrected chi connectivity index (χ2v) is 7.56. The van der Waals surface area contributed by atoms with Gasteiger partial charge in [-0.05, 0) is 30.7 Å². The third-order valence-electron chi connectivity index (χ3n) is 5.40. The van der Waals surface area contributed by atoms with E-state index in [0.717, 1.165) is 44.8 Å². The molecule has 0 bridgehead atoms. The van der Waals surface area contributed by atoms with Crippen LogP contribution in [0.2, 0.25) is 0 Å². The highest BCUT2D eigenvalue weighted by atomic mass is 19.1. The fourth-order valence-corrected chi connectivity index (χ4v) is 3.78. The van der Waals surface area contributed by atoms with E-state index in [1.165, 1.54) is 18.2 Å². The number of nitrogens with zero attached hydrogens (tertiary/aromatic N) is 4. The quantitative estimate of drug-likeness (QED) is 0.686. The summed E-state index contributed by atoms with van der Waals surface area (Å²) in [7, 11) is 0. The number of morpholine rings is 1. The molecule has 2 aromatic rings. The summed E-state index contributed by atoms with van der Waals surface area (Å²) in [5.41, 5.74) is 1.36. The van der Waals surface area contributed by atoms with Crippen LogP contribution in [0.3, 0.4) is 0 Å². The van der Waals surface area contributed by atoms with E-state index in [1.807, 2.05) is 0 Å². The van der Waals surface area contributed by atoms with Gasteiger partial charge in [-0.2, -0.15) is 5.10 Å². The van der Waals surface area contributed by atoms with E-state index in [-0.39, 0.29) is 23.3 Å². The number of halogens is 1. The number of carbonyl (C=O) groups is 2. The Morgan fingerprint density at radius 3 is 2.80 bits per heavy atom. The van der Waals surface area contributed by atoms with Crippen molar-refractivity contribution in [3.05, 3.63) is 53.1 Å². The van der Waals surface area contributed by atoms with Gasteiger partial charge in [-0.25, -0.2) is 4.39 Å². The summed E-state index contributed by atoms with van der Waals surface area (Å²) in [6.45, 7) is 6.13. The van der Waals surface area contributed by atoms with Gasteiger partial charge in [-0.1, -0.05) is 12.1 Å². The van der Waals surface area contributed by atoms with E-state index < -0.39 is 0 Å². The predicted molar refractivity (Wildman–Crippen MR) is 108 cm³/mol. The molecule has 8 nitrogen and oxygen atoms in total. The first kappa shape index (κ1) is 20.5. The molecular formula is C21H26FN5O3. The summed E-state index contributed by atoms with van der Waals surface area (Å²) in [5.74, 6) is -0.803. The van der Waals surface area contributed by atoms with Crippen molar-refractivity contribution in [2.75, 3.05) is 45.9 Å². The Hall–Kier alpha value is -2.78. The number of ether oxygens (including phenoxy) is 1. The lowest BCUT2D eigenvalue weighted by Crippen LogP contribution is -2.39.